The molecule has 1 N–H and O–H groups in total. The Balaban J connectivity index is 2.62. The molecule has 16 heavy (non-hydrogen) atoms. The molecule has 3 unspecified atom stereocenters. The van der Waals surface area contributed by atoms with Crippen molar-refractivity contribution < 1.29 is 5.11 Å². The summed E-state index contributed by atoms with van der Waals surface area (Å²) in [6, 6.07) is 0.609. The summed E-state index contributed by atoms with van der Waals surface area (Å²) in [6.45, 7) is 4.34. The van der Waals surface area contributed by atoms with Gasteiger partial charge in [0, 0.05) is 6.04 Å². The van der Waals surface area contributed by atoms with Gasteiger partial charge in [-0.15, -0.1) is 0 Å². The fraction of sp³-hybridized carbons (Fsp3) is 1.00. The lowest BCUT2D eigenvalue weighted by Crippen LogP contribution is -2.43. The summed E-state index contributed by atoms with van der Waals surface area (Å²) in [5.74, 6) is 0.804. The molecule has 1 rings (SSSR count). The van der Waals surface area contributed by atoms with E-state index in [1.54, 1.807) is 0 Å². The van der Waals surface area contributed by atoms with Crippen LogP contribution in [-0.4, -0.2) is 29.3 Å². The van der Waals surface area contributed by atoms with Gasteiger partial charge in [0.15, 0.2) is 0 Å². The number of aliphatic hydroxyl groups excluding tert-OH is 1. The van der Waals surface area contributed by atoms with Crippen molar-refractivity contribution in [2.24, 2.45) is 5.92 Å². The molecule has 0 saturated heterocycles. The zero-order valence-corrected chi connectivity index (χ0v) is 11.3. The highest BCUT2D eigenvalue weighted by molar-refractivity contribution is 4.81. The van der Waals surface area contributed by atoms with E-state index in [0.717, 1.165) is 12.3 Å². The van der Waals surface area contributed by atoms with Crippen molar-refractivity contribution in [1.82, 2.24) is 4.90 Å². The van der Waals surface area contributed by atoms with Crippen molar-refractivity contribution in [1.29, 1.82) is 0 Å². The zero-order chi connectivity index (χ0) is 12.0. The first-order valence-electron chi connectivity index (χ1n) is 7.10. The molecular weight excluding hydrogens is 198 g/mol. The van der Waals surface area contributed by atoms with Crippen molar-refractivity contribution in [3.63, 3.8) is 0 Å². The standard InChI is InChI=1S/C14H29NO/c1-4-9-12-10-7-6-8-11-13(12)15(3)14(16)5-2/h12-14,16H,4-11H2,1-3H3. The van der Waals surface area contributed by atoms with Crippen LogP contribution in [0.25, 0.3) is 0 Å². The van der Waals surface area contributed by atoms with Crippen molar-refractivity contribution in [2.45, 2.75) is 77.5 Å². The van der Waals surface area contributed by atoms with Gasteiger partial charge >= 0.3 is 0 Å². The minimum Gasteiger partial charge on any atom is -0.378 e. The van der Waals surface area contributed by atoms with Gasteiger partial charge in [-0.3, -0.25) is 4.90 Å². The maximum Gasteiger partial charge on any atom is 0.107 e. The van der Waals surface area contributed by atoms with Gasteiger partial charge in [0.1, 0.15) is 6.23 Å². The third-order valence-corrected chi connectivity index (χ3v) is 4.14. The van der Waals surface area contributed by atoms with Gasteiger partial charge in [0.25, 0.3) is 0 Å². The van der Waals surface area contributed by atoms with Crippen LogP contribution in [0.4, 0.5) is 0 Å². The lowest BCUT2D eigenvalue weighted by Gasteiger charge is -2.36. The number of aliphatic hydroxyl groups is 1. The minimum absolute atomic E-state index is 0.248. The smallest absolute Gasteiger partial charge is 0.107 e. The molecule has 0 aromatic heterocycles. The second-order valence-corrected chi connectivity index (χ2v) is 5.31. The quantitative estimate of drug-likeness (QED) is 0.575. The molecule has 0 aromatic rings. The van der Waals surface area contributed by atoms with Crippen molar-refractivity contribution in [3.8, 4) is 0 Å². The van der Waals surface area contributed by atoms with Crippen LogP contribution in [-0.2, 0) is 0 Å². The maximum absolute atomic E-state index is 9.98. The number of hydrogen-bond donors (Lipinski definition) is 1. The normalized spacial score (nSPS) is 29.1. The first-order valence-corrected chi connectivity index (χ1v) is 7.10. The van der Waals surface area contributed by atoms with Crippen LogP contribution in [0.1, 0.15) is 65.2 Å². The van der Waals surface area contributed by atoms with Gasteiger partial charge in [0.2, 0.25) is 0 Å². The Bertz CT molecular complexity index is 184. The van der Waals surface area contributed by atoms with Crippen LogP contribution in [0.15, 0.2) is 0 Å². The highest BCUT2D eigenvalue weighted by Crippen LogP contribution is 2.30. The molecule has 0 heterocycles. The van der Waals surface area contributed by atoms with E-state index in [0.29, 0.717) is 6.04 Å². The lowest BCUT2D eigenvalue weighted by molar-refractivity contribution is -0.0277. The number of rotatable bonds is 5. The Morgan fingerprint density at radius 3 is 2.50 bits per heavy atom. The van der Waals surface area contributed by atoms with E-state index in [1.165, 1.54) is 44.9 Å². The Morgan fingerprint density at radius 1 is 1.19 bits per heavy atom. The lowest BCUT2D eigenvalue weighted by atomic mass is 9.89. The molecule has 1 saturated carbocycles. The second kappa shape index (κ2) is 7.29. The molecule has 0 bridgehead atoms. The van der Waals surface area contributed by atoms with Crippen molar-refractivity contribution in [2.75, 3.05) is 7.05 Å². The molecule has 96 valence electrons. The number of hydrogen-bond acceptors (Lipinski definition) is 2. The predicted molar refractivity (Wildman–Crippen MR) is 69.3 cm³/mol. The maximum atomic E-state index is 9.98. The predicted octanol–water partition coefficient (Wildman–Crippen LogP) is 3.40. The molecule has 3 atom stereocenters. The van der Waals surface area contributed by atoms with Gasteiger partial charge in [-0.1, -0.05) is 39.5 Å². The molecule has 2 heteroatoms. The number of nitrogens with zero attached hydrogens (tertiary/aromatic N) is 1. The molecular formula is C14H29NO. The molecule has 0 aromatic carbocycles. The second-order valence-electron chi connectivity index (χ2n) is 5.31. The Labute approximate surface area is 101 Å². The molecule has 0 amide bonds. The molecule has 1 aliphatic carbocycles. The Hall–Kier alpha value is -0.0800. The average Bonchev–Trinajstić information content (AvgIpc) is 2.53. The Morgan fingerprint density at radius 2 is 1.88 bits per heavy atom. The van der Waals surface area contributed by atoms with Crippen molar-refractivity contribution >= 4 is 0 Å². The minimum atomic E-state index is -0.248. The van der Waals surface area contributed by atoms with Crippen LogP contribution in [0.3, 0.4) is 0 Å². The van der Waals surface area contributed by atoms with E-state index in [2.05, 4.69) is 25.8 Å². The zero-order valence-electron chi connectivity index (χ0n) is 11.3. The molecule has 1 aliphatic rings. The van der Waals surface area contributed by atoms with Crippen LogP contribution >= 0.6 is 0 Å². The first kappa shape index (κ1) is 14.0. The van der Waals surface area contributed by atoms with Crippen LogP contribution < -0.4 is 0 Å². The van der Waals surface area contributed by atoms with E-state index >= 15 is 0 Å². The van der Waals surface area contributed by atoms with Gasteiger partial charge in [0.05, 0.1) is 0 Å². The summed E-state index contributed by atoms with van der Waals surface area (Å²) in [4.78, 5) is 2.23. The van der Waals surface area contributed by atoms with Crippen LogP contribution in [0.5, 0.6) is 0 Å². The molecule has 0 spiro atoms. The van der Waals surface area contributed by atoms with Crippen LogP contribution in [0, 0.1) is 5.92 Å². The Kier molecular flexibility index (Phi) is 6.37. The van der Waals surface area contributed by atoms with Gasteiger partial charge in [-0.2, -0.15) is 0 Å². The monoisotopic (exact) mass is 227 g/mol. The van der Waals surface area contributed by atoms with E-state index < -0.39 is 0 Å². The van der Waals surface area contributed by atoms with Gasteiger partial charge < -0.3 is 5.11 Å². The van der Waals surface area contributed by atoms with Gasteiger partial charge in [-0.05, 0) is 38.6 Å². The molecule has 2 nitrogen and oxygen atoms in total. The van der Waals surface area contributed by atoms with Crippen molar-refractivity contribution in [3.05, 3.63) is 0 Å². The third-order valence-electron chi connectivity index (χ3n) is 4.14. The summed E-state index contributed by atoms with van der Waals surface area (Å²) in [6.07, 6.45) is 9.93. The average molecular weight is 227 g/mol. The molecule has 1 fully saturated rings. The van der Waals surface area contributed by atoms with E-state index in [-0.39, 0.29) is 6.23 Å². The fourth-order valence-electron chi connectivity index (χ4n) is 3.12. The molecule has 0 radical (unpaired) electrons. The SMILES string of the molecule is CCCC1CCCCCC1N(C)C(O)CC. The topological polar surface area (TPSA) is 23.5 Å². The van der Waals surface area contributed by atoms with Gasteiger partial charge in [-0.25, -0.2) is 0 Å². The van der Waals surface area contributed by atoms with E-state index in [4.69, 9.17) is 0 Å². The third kappa shape index (κ3) is 3.74. The summed E-state index contributed by atoms with van der Waals surface area (Å²) in [7, 11) is 2.10. The summed E-state index contributed by atoms with van der Waals surface area (Å²) in [5, 5.41) is 9.98. The summed E-state index contributed by atoms with van der Waals surface area (Å²) < 4.78 is 0. The summed E-state index contributed by atoms with van der Waals surface area (Å²) in [5.41, 5.74) is 0. The fourth-order valence-corrected chi connectivity index (χ4v) is 3.12. The molecule has 0 aliphatic heterocycles. The largest absolute Gasteiger partial charge is 0.378 e. The summed E-state index contributed by atoms with van der Waals surface area (Å²) >= 11 is 0. The first-order chi connectivity index (χ1) is 7.70. The highest BCUT2D eigenvalue weighted by atomic mass is 16.3. The van der Waals surface area contributed by atoms with E-state index in [9.17, 15) is 5.11 Å². The van der Waals surface area contributed by atoms with Crippen LogP contribution in [0.2, 0.25) is 0 Å². The van der Waals surface area contributed by atoms with E-state index in [1.807, 2.05) is 0 Å². The highest BCUT2D eigenvalue weighted by Gasteiger charge is 2.28.